The Balaban J connectivity index is 1.79. The molecule has 1 amide bonds. The molecule has 6 nitrogen and oxygen atoms in total. The van der Waals surface area contributed by atoms with E-state index in [4.69, 9.17) is 16.3 Å². The highest BCUT2D eigenvalue weighted by Gasteiger charge is 2.19. The van der Waals surface area contributed by atoms with Crippen LogP contribution in [-0.2, 0) is 16.6 Å². The summed E-state index contributed by atoms with van der Waals surface area (Å²) in [6, 6.07) is 12.6. The van der Waals surface area contributed by atoms with E-state index in [9.17, 15) is 22.0 Å². The summed E-state index contributed by atoms with van der Waals surface area (Å²) in [6.07, 6.45) is 0. The summed E-state index contributed by atoms with van der Waals surface area (Å²) >= 11 is 5.93. The Morgan fingerprint density at radius 2 is 1.84 bits per heavy atom. The molecule has 3 rings (SSSR count). The number of anilines is 1. The van der Waals surface area contributed by atoms with Gasteiger partial charge in [-0.15, -0.1) is 0 Å². The monoisotopic (exact) mass is 466 g/mol. The van der Waals surface area contributed by atoms with Crippen LogP contribution in [0.2, 0.25) is 5.02 Å². The second-order valence-electron chi connectivity index (χ2n) is 6.40. The van der Waals surface area contributed by atoms with Crippen LogP contribution >= 0.6 is 11.6 Å². The molecule has 0 unspecified atom stereocenters. The number of rotatable bonds is 7. The quantitative estimate of drug-likeness (QED) is 0.542. The molecule has 0 aliphatic heterocycles. The van der Waals surface area contributed by atoms with Crippen molar-refractivity contribution in [3.05, 3.63) is 88.4 Å². The molecule has 2 N–H and O–H groups in total. The van der Waals surface area contributed by atoms with E-state index >= 15 is 0 Å². The molecule has 0 aliphatic rings. The molecule has 0 heterocycles. The first kappa shape index (κ1) is 22.5. The van der Waals surface area contributed by atoms with E-state index in [1.54, 1.807) is 6.07 Å². The second-order valence-corrected chi connectivity index (χ2v) is 8.52. The average Bonchev–Trinajstić information content (AvgIpc) is 2.74. The average molecular weight is 467 g/mol. The van der Waals surface area contributed by atoms with Gasteiger partial charge in [-0.3, -0.25) is 9.52 Å². The van der Waals surface area contributed by atoms with Crippen LogP contribution in [0.25, 0.3) is 0 Å². The van der Waals surface area contributed by atoms with Gasteiger partial charge in [0.05, 0.1) is 17.7 Å². The van der Waals surface area contributed by atoms with E-state index in [0.717, 1.165) is 24.3 Å². The number of sulfonamides is 1. The van der Waals surface area contributed by atoms with E-state index in [1.807, 2.05) is 0 Å². The fourth-order valence-corrected chi connectivity index (χ4v) is 4.00. The molecule has 0 aromatic heterocycles. The van der Waals surface area contributed by atoms with Gasteiger partial charge in [-0.1, -0.05) is 17.7 Å². The predicted molar refractivity (Wildman–Crippen MR) is 113 cm³/mol. The van der Waals surface area contributed by atoms with Crippen molar-refractivity contribution in [1.82, 2.24) is 5.32 Å². The van der Waals surface area contributed by atoms with Crippen LogP contribution in [0.15, 0.2) is 65.6 Å². The first-order valence-electron chi connectivity index (χ1n) is 8.88. The minimum absolute atomic E-state index is 0.0257. The molecule has 162 valence electrons. The molecular formula is C21H17ClF2N2O4S. The summed E-state index contributed by atoms with van der Waals surface area (Å²) in [4.78, 5) is 12.2. The van der Waals surface area contributed by atoms with Crippen molar-refractivity contribution in [3.8, 4) is 5.75 Å². The van der Waals surface area contributed by atoms with Gasteiger partial charge in [0.1, 0.15) is 17.4 Å². The molecule has 3 aromatic carbocycles. The Labute approximate surface area is 182 Å². The SMILES string of the molecule is COc1ccc(Cl)cc1NS(=O)(=O)c1cccc(C(=O)NCc2cc(F)ccc2F)c1. The van der Waals surface area contributed by atoms with E-state index in [-0.39, 0.29) is 34.0 Å². The lowest BCUT2D eigenvalue weighted by Crippen LogP contribution is -2.24. The summed E-state index contributed by atoms with van der Waals surface area (Å²) in [7, 11) is -2.69. The van der Waals surface area contributed by atoms with Gasteiger partial charge in [-0.05, 0) is 54.6 Å². The molecule has 0 saturated heterocycles. The molecule has 0 bridgehead atoms. The van der Waals surface area contributed by atoms with Crippen LogP contribution in [0.1, 0.15) is 15.9 Å². The smallest absolute Gasteiger partial charge is 0.262 e. The third kappa shape index (κ3) is 5.50. The molecule has 0 atom stereocenters. The number of carbonyl (C=O) groups is 1. The molecular weight excluding hydrogens is 450 g/mol. The van der Waals surface area contributed by atoms with Crippen LogP contribution in [0, 0.1) is 11.6 Å². The number of benzene rings is 3. The van der Waals surface area contributed by atoms with E-state index in [2.05, 4.69) is 10.0 Å². The van der Waals surface area contributed by atoms with Gasteiger partial charge in [-0.2, -0.15) is 0 Å². The van der Waals surface area contributed by atoms with Crippen molar-refractivity contribution >= 4 is 33.2 Å². The van der Waals surface area contributed by atoms with Crippen molar-refractivity contribution in [2.75, 3.05) is 11.8 Å². The number of ether oxygens (including phenoxy) is 1. The van der Waals surface area contributed by atoms with Crippen LogP contribution < -0.4 is 14.8 Å². The molecule has 0 saturated carbocycles. The number of methoxy groups -OCH3 is 1. The maximum atomic E-state index is 13.7. The van der Waals surface area contributed by atoms with Gasteiger partial charge < -0.3 is 10.1 Å². The van der Waals surface area contributed by atoms with Gasteiger partial charge in [0.2, 0.25) is 0 Å². The molecule has 0 spiro atoms. The number of nitrogens with one attached hydrogen (secondary N) is 2. The highest BCUT2D eigenvalue weighted by Crippen LogP contribution is 2.30. The zero-order valence-electron chi connectivity index (χ0n) is 16.2. The highest BCUT2D eigenvalue weighted by molar-refractivity contribution is 7.92. The molecule has 10 heteroatoms. The Morgan fingerprint density at radius 1 is 1.06 bits per heavy atom. The molecule has 0 radical (unpaired) electrons. The van der Waals surface area contributed by atoms with Crippen molar-refractivity contribution in [3.63, 3.8) is 0 Å². The molecule has 3 aromatic rings. The predicted octanol–water partition coefficient (Wildman–Crippen LogP) is 4.36. The van der Waals surface area contributed by atoms with Gasteiger partial charge in [-0.25, -0.2) is 17.2 Å². The Hall–Kier alpha value is -3.17. The summed E-state index contributed by atoms with van der Waals surface area (Å²) in [5.41, 5.74) is 0.121. The maximum absolute atomic E-state index is 13.7. The van der Waals surface area contributed by atoms with Crippen LogP contribution in [0.5, 0.6) is 5.75 Å². The topological polar surface area (TPSA) is 84.5 Å². The normalized spacial score (nSPS) is 11.1. The first-order valence-corrected chi connectivity index (χ1v) is 10.7. The first-order chi connectivity index (χ1) is 14.7. The highest BCUT2D eigenvalue weighted by atomic mass is 35.5. The van der Waals surface area contributed by atoms with Crippen molar-refractivity contribution in [2.45, 2.75) is 11.4 Å². The third-order valence-electron chi connectivity index (χ3n) is 4.26. The number of amides is 1. The lowest BCUT2D eigenvalue weighted by molar-refractivity contribution is 0.0950. The Morgan fingerprint density at radius 3 is 2.58 bits per heavy atom. The van der Waals surface area contributed by atoms with Gasteiger partial charge in [0.15, 0.2) is 0 Å². The standard InChI is InChI=1S/C21H17ClF2N2O4S/c1-30-20-8-5-15(22)11-19(20)26-31(28,29)17-4-2-3-13(10-17)21(27)25-12-14-9-16(23)6-7-18(14)24/h2-11,26H,12H2,1H3,(H,25,27). The Bertz CT molecular complexity index is 1240. The summed E-state index contributed by atoms with van der Waals surface area (Å²) in [5.74, 6) is -1.70. The summed E-state index contributed by atoms with van der Waals surface area (Å²) < 4.78 is 60.1. The van der Waals surface area contributed by atoms with E-state index in [1.165, 1.54) is 37.4 Å². The summed E-state index contributed by atoms with van der Waals surface area (Å²) in [5, 5.41) is 2.74. The second kappa shape index (κ2) is 9.32. The van der Waals surface area contributed by atoms with Crippen LogP contribution in [-0.4, -0.2) is 21.4 Å². The van der Waals surface area contributed by atoms with Crippen LogP contribution in [0.3, 0.4) is 0 Å². The van der Waals surface area contributed by atoms with Gasteiger partial charge in [0, 0.05) is 22.7 Å². The number of halogens is 3. The maximum Gasteiger partial charge on any atom is 0.262 e. The molecule has 0 aliphatic carbocycles. The minimum atomic E-state index is -4.08. The number of hydrogen-bond donors (Lipinski definition) is 2. The van der Waals surface area contributed by atoms with Crippen molar-refractivity contribution in [1.29, 1.82) is 0 Å². The zero-order valence-corrected chi connectivity index (χ0v) is 17.7. The van der Waals surface area contributed by atoms with Crippen molar-refractivity contribution < 1.29 is 26.7 Å². The third-order valence-corrected chi connectivity index (χ3v) is 5.86. The molecule has 0 fully saturated rings. The van der Waals surface area contributed by atoms with Gasteiger partial charge >= 0.3 is 0 Å². The van der Waals surface area contributed by atoms with Crippen LogP contribution in [0.4, 0.5) is 14.5 Å². The lowest BCUT2D eigenvalue weighted by atomic mass is 10.2. The lowest BCUT2D eigenvalue weighted by Gasteiger charge is -2.13. The van der Waals surface area contributed by atoms with E-state index in [0.29, 0.717) is 5.02 Å². The largest absolute Gasteiger partial charge is 0.495 e. The Kier molecular flexibility index (Phi) is 6.77. The van der Waals surface area contributed by atoms with E-state index < -0.39 is 27.6 Å². The van der Waals surface area contributed by atoms with Crippen molar-refractivity contribution in [2.24, 2.45) is 0 Å². The number of carbonyl (C=O) groups excluding carboxylic acids is 1. The fraction of sp³-hybridized carbons (Fsp3) is 0.0952. The minimum Gasteiger partial charge on any atom is -0.495 e. The molecule has 31 heavy (non-hydrogen) atoms. The summed E-state index contributed by atoms with van der Waals surface area (Å²) in [6.45, 7) is -0.267. The van der Waals surface area contributed by atoms with Gasteiger partial charge in [0.25, 0.3) is 15.9 Å². The number of hydrogen-bond acceptors (Lipinski definition) is 4. The fourth-order valence-electron chi connectivity index (χ4n) is 2.72. The zero-order chi connectivity index (χ0) is 22.6.